The fourth-order valence-corrected chi connectivity index (χ4v) is 2.84. The molecule has 0 radical (unpaired) electrons. The highest BCUT2D eigenvalue weighted by Crippen LogP contribution is 2.33. The van der Waals surface area contributed by atoms with Crippen molar-refractivity contribution >= 4 is 11.6 Å². The molecule has 0 spiro atoms. The van der Waals surface area contributed by atoms with Crippen LogP contribution in [0.3, 0.4) is 0 Å². The zero-order valence-electron chi connectivity index (χ0n) is 14.3. The molecule has 0 saturated heterocycles. The number of primary amides is 1. The number of nitrogens with zero attached hydrogens (tertiary/aromatic N) is 2. The summed E-state index contributed by atoms with van der Waals surface area (Å²) in [6.07, 6.45) is 0. The summed E-state index contributed by atoms with van der Waals surface area (Å²) in [7, 11) is 0. The van der Waals surface area contributed by atoms with Crippen molar-refractivity contribution in [3.63, 3.8) is 0 Å². The molecule has 1 amide bonds. The van der Waals surface area contributed by atoms with Gasteiger partial charge in [0.05, 0.1) is 4.92 Å². The second-order valence-electron chi connectivity index (χ2n) is 5.96. The van der Waals surface area contributed by atoms with Crippen molar-refractivity contribution in [2.24, 2.45) is 5.73 Å². The lowest BCUT2D eigenvalue weighted by Crippen LogP contribution is -2.23. The standard InChI is InChI=1S/C18H19N3O5/c1-2-20(9-12-3-6-16-17(7-12)26-11-25-16)10-14-5-4-13(18(19)22)8-15(14)21(23)24/h3-8H,2,9-11H2,1H3,(H2,19,22). The first-order valence-electron chi connectivity index (χ1n) is 8.16. The van der Waals surface area contributed by atoms with Crippen molar-refractivity contribution in [3.05, 3.63) is 63.2 Å². The van der Waals surface area contributed by atoms with E-state index in [1.54, 1.807) is 6.07 Å². The number of benzene rings is 2. The Morgan fingerprint density at radius 2 is 1.96 bits per heavy atom. The number of hydrogen-bond acceptors (Lipinski definition) is 6. The smallest absolute Gasteiger partial charge is 0.274 e. The molecule has 0 saturated carbocycles. The maximum Gasteiger partial charge on any atom is 0.274 e. The molecule has 26 heavy (non-hydrogen) atoms. The van der Waals surface area contributed by atoms with Gasteiger partial charge in [-0.3, -0.25) is 19.8 Å². The first-order chi connectivity index (χ1) is 12.5. The summed E-state index contributed by atoms with van der Waals surface area (Å²) in [5.41, 5.74) is 6.78. The number of amides is 1. The molecule has 3 rings (SSSR count). The molecule has 0 fully saturated rings. The number of nitro groups is 1. The Hall–Kier alpha value is -3.13. The van der Waals surface area contributed by atoms with Crippen LogP contribution in [0.15, 0.2) is 36.4 Å². The average Bonchev–Trinajstić information content (AvgIpc) is 3.08. The quantitative estimate of drug-likeness (QED) is 0.602. The van der Waals surface area contributed by atoms with Crippen LogP contribution in [-0.4, -0.2) is 29.1 Å². The number of carbonyl (C=O) groups excluding carboxylic acids is 1. The second kappa shape index (κ2) is 7.40. The highest BCUT2D eigenvalue weighted by Gasteiger charge is 2.19. The third-order valence-electron chi connectivity index (χ3n) is 4.25. The molecule has 8 nitrogen and oxygen atoms in total. The Morgan fingerprint density at radius 3 is 2.65 bits per heavy atom. The minimum Gasteiger partial charge on any atom is -0.454 e. The van der Waals surface area contributed by atoms with Crippen LogP contribution < -0.4 is 15.2 Å². The van der Waals surface area contributed by atoms with Gasteiger partial charge in [-0.1, -0.05) is 19.1 Å². The summed E-state index contributed by atoms with van der Waals surface area (Å²) in [5, 5.41) is 11.4. The highest BCUT2D eigenvalue weighted by atomic mass is 16.7. The minimum atomic E-state index is -0.688. The van der Waals surface area contributed by atoms with E-state index in [-0.39, 0.29) is 18.0 Å². The molecule has 8 heteroatoms. The second-order valence-corrected chi connectivity index (χ2v) is 5.96. The van der Waals surface area contributed by atoms with Crippen molar-refractivity contribution in [1.82, 2.24) is 4.90 Å². The van der Waals surface area contributed by atoms with Crippen LogP contribution in [0, 0.1) is 10.1 Å². The largest absolute Gasteiger partial charge is 0.454 e. The Balaban J connectivity index is 1.79. The van der Waals surface area contributed by atoms with E-state index >= 15 is 0 Å². The summed E-state index contributed by atoms with van der Waals surface area (Å²) in [5.74, 6) is 0.733. The normalized spacial score (nSPS) is 12.4. The van der Waals surface area contributed by atoms with Crippen molar-refractivity contribution in [3.8, 4) is 11.5 Å². The van der Waals surface area contributed by atoms with Gasteiger partial charge in [0.2, 0.25) is 12.7 Å². The molecule has 2 N–H and O–H groups in total. The van der Waals surface area contributed by atoms with Crippen LogP contribution in [-0.2, 0) is 13.1 Å². The third-order valence-corrected chi connectivity index (χ3v) is 4.25. The van der Waals surface area contributed by atoms with E-state index in [4.69, 9.17) is 15.2 Å². The Kier molecular flexibility index (Phi) is 5.04. The van der Waals surface area contributed by atoms with Gasteiger partial charge >= 0.3 is 0 Å². The van der Waals surface area contributed by atoms with E-state index in [1.807, 2.05) is 25.1 Å². The van der Waals surface area contributed by atoms with Crippen molar-refractivity contribution in [2.75, 3.05) is 13.3 Å². The lowest BCUT2D eigenvalue weighted by molar-refractivity contribution is -0.385. The Morgan fingerprint density at radius 1 is 1.19 bits per heavy atom. The highest BCUT2D eigenvalue weighted by molar-refractivity contribution is 5.93. The van der Waals surface area contributed by atoms with Gasteiger partial charge in [0.15, 0.2) is 11.5 Å². The summed E-state index contributed by atoms with van der Waals surface area (Å²) in [4.78, 5) is 24.2. The minimum absolute atomic E-state index is 0.106. The van der Waals surface area contributed by atoms with Gasteiger partial charge in [-0.15, -0.1) is 0 Å². The number of nitrogens with two attached hydrogens (primary N) is 1. The van der Waals surface area contributed by atoms with E-state index in [2.05, 4.69) is 4.90 Å². The first kappa shape index (κ1) is 17.7. The molecule has 0 atom stereocenters. The summed E-state index contributed by atoms with van der Waals surface area (Å²) in [6.45, 7) is 3.87. The lowest BCUT2D eigenvalue weighted by Gasteiger charge is -2.21. The Labute approximate surface area is 150 Å². The number of fused-ring (bicyclic) bond motifs is 1. The summed E-state index contributed by atoms with van der Waals surface area (Å²) >= 11 is 0. The van der Waals surface area contributed by atoms with Crippen LogP contribution in [0.4, 0.5) is 5.69 Å². The number of rotatable bonds is 7. The average molecular weight is 357 g/mol. The molecule has 1 aliphatic heterocycles. The van der Waals surface area contributed by atoms with Crippen LogP contribution >= 0.6 is 0 Å². The van der Waals surface area contributed by atoms with Crippen molar-refractivity contribution in [1.29, 1.82) is 0 Å². The number of ether oxygens (including phenoxy) is 2. The molecule has 1 heterocycles. The van der Waals surface area contributed by atoms with Crippen LogP contribution in [0.5, 0.6) is 11.5 Å². The molecule has 0 bridgehead atoms. The molecular weight excluding hydrogens is 338 g/mol. The van der Waals surface area contributed by atoms with E-state index in [9.17, 15) is 14.9 Å². The predicted molar refractivity (Wildman–Crippen MR) is 94.0 cm³/mol. The van der Waals surface area contributed by atoms with E-state index in [0.29, 0.717) is 30.9 Å². The molecule has 136 valence electrons. The SMILES string of the molecule is CCN(Cc1ccc2c(c1)OCO2)Cc1ccc(C(N)=O)cc1[N+](=O)[O-]. The molecule has 2 aromatic rings. The zero-order chi connectivity index (χ0) is 18.7. The molecule has 2 aromatic carbocycles. The first-order valence-corrected chi connectivity index (χ1v) is 8.16. The molecular formula is C18H19N3O5. The van der Waals surface area contributed by atoms with Crippen LogP contribution in [0.1, 0.15) is 28.4 Å². The van der Waals surface area contributed by atoms with Gasteiger partial charge in [-0.25, -0.2) is 0 Å². The topological polar surface area (TPSA) is 108 Å². The van der Waals surface area contributed by atoms with E-state index in [1.165, 1.54) is 12.1 Å². The monoisotopic (exact) mass is 357 g/mol. The zero-order valence-corrected chi connectivity index (χ0v) is 14.3. The van der Waals surface area contributed by atoms with Gasteiger partial charge in [0.25, 0.3) is 5.69 Å². The molecule has 0 aromatic heterocycles. The number of carbonyl (C=O) groups is 1. The van der Waals surface area contributed by atoms with Gasteiger partial charge in [0, 0.05) is 30.3 Å². The van der Waals surface area contributed by atoms with Crippen LogP contribution in [0.2, 0.25) is 0 Å². The number of nitro benzene ring substituents is 1. The van der Waals surface area contributed by atoms with Gasteiger partial charge in [0.1, 0.15) is 0 Å². The van der Waals surface area contributed by atoms with Gasteiger partial charge in [-0.2, -0.15) is 0 Å². The van der Waals surface area contributed by atoms with Crippen LogP contribution in [0.25, 0.3) is 0 Å². The number of hydrogen-bond donors (Lipinski definition) is 1. The molecule has 0 unspecified atom stereocenters. The predicted octanol–water partition coefficient (Wildman–Crippen LogP) is 2.44. The van der Waals surface area contributed by atoms with Crippen molar-refractivity contribution < 1.29 is 19.2 Å². The van der Waals surface area contributed by atoms with Gasteiger partial charge < -0.3 is 15.2 Å². The molecule has 1 aliphatic rings. The van der Waals surface area contributed by atoms with E-state index in [0.717, 1.165) is 11.3 Å². The maximum atomic E-state index is 11.4. The van der Waals surface area contributed by atoms with E-state index < -0.39 is 10.8 Å². The fraction of sp³-hybridized carbons (Fsp3) is 0.278. The molecule has 0 aliphatic carbocycles. The third kappa shape index (κ3) is 3.75. The lowest BCUT2D eigenvalue weighted by atomic mass is 10.1. The van der Waals surface area contributed by atoms with Crippen molar-refractivity contribution in [2.45, 2.75) is 20.0 Å². The Bertz CT molecular complexity index is 853. The maximum absolute atomic E-state index is 11.4. The summed E-state index contributed by atoms with van der Waals surface area (Å²) in [6, 6.07) is 10.0. The fourth-order valence-electron chi connectivity index (χ4n) is 2.84. The van der Waals surface area contributed by atoms with Gasteiger partial charge in [-0.05, 0) is 30.3 Å². The summed E-state index contributed by atoms with van der Waals surface area (Å²) < 4.78 is 10.7.